The molecule has 0 bridgehead atoms. The molecule has 1 N–H and O–H groups in total. The normalized spacial score (nSPS) is 10.5. The predicted molar refractivity (Wildman–Crippen MR) is 84.8 cm³/mol. The van der Waals surface area contributed by atoms with Crippen LogP contribution in [0.2, 0.25) is 0 Å². The lowest BCUT2D eigenvalue weighted by molar-refractivity contribution is 0.415. The Hall–Kier alpha value is -2.07. The van der Waals surface area contributed by atoms with E-state index in [0.29, 0.717) is 12.2 Å². The first-order valence-electron chi connectivity index (χ1n) is 7.03. The summed E-state index contributed by atoms with van der Waals surface area (Å²) in [7, 11) is 3.45. The number of anilines is 2. The van der Waals surface area contributed by atoms with Gasteiger partial charge in [0, 0.05) is 13.6 Å². The molecule has 0 aliphatic carbocycles. The van der Waals surface area contributed by atoms with Gasteiger partial charge in [0.1, 0.15) is 11.6 Å². The van der Waals surface area contributed by atoms with Gasteiger partial charge < -0.3 is 15.0 Å². The van der Waals surface area contributed by atoms with Crippen LogP contribution in [-0.2, 0) is 6.54 Å². The number of nitrogens with one attached hydrogen (secondary N) is 1. The van der Waals surface area contributed by atoms with Gasteiger partial charge in [0.05, 0.1) is 18.5 Å². The van der Waals surface area contributed by atoms with Crippen LogP contribution in [0.25, 0.3) is 0 Å². The lowest BCUT2D eigenvalue weighted by Crippen LogP contribution is -2.14. The second kappa shape index (κ2) is 7.09. The van der Waals surface area contributed by atoms with E-state index >= 15 is 0 Å². The summed E-state index contributed by atoms with van der Waals surface area (Å²) in [5, 5.41) is 3.19. The lowest BCUT2D eigenvalue weighted by Gasteiger charge is -2.22. The van der Waals surface area contributed by atoms with Gasteiger partial charge in [-0.05, 0) is 36.4 Å². The Morgan fingerprint density at radius 2 is 1.90 bits per heavy atom. The van der Waals surface area contributed by atoms with Crippen LogP contribution in [-0.4, -0.2) is 20.7 Å². The first-order valence-corrected chi connectivity index (χ1v) is 7.03. The predicted octanol–water partition coefficient (Wildman–Crippen LogP) is 3.71. The van der Waals surface area contributed by atoms with E-state index in [9.17, 15) is 4.39 Å². The maximum atomic E-state index is 14.3. The maximum Gasteiger partial charge on any atom is 0.147 e. The molecule has 0 radical (unpaired) electrons. The number of ether oxygens (including phenoxy) is 1. The summed E-state index contributed by atoms with van der Waals surface area (Å²) in [6, 6.07) is 12.9. The monoisotopic (exact) mass is 288 g/mol. The molecule has 0 fully saturated rings. The summed E-state index contributed by atoms with van der Waals surface area (Å²) in [5.74, 6) is 0.481. The average Bonchev–Trinajstić information content (AvgIpc) is 2.52. The minimum Gasteiger partial charge on any atom is -0.495 e. The molecule has 0 aromatic heterocycles. The quantitative estimate of drug-likeness (QED) is 0.877. The van der Waals surface area contributed by atoms with Crippen LogP contribution in [0.3, 0.4) is 0 Å². The molecule has 2 aromatic rings. The van der Waals surface area contributed by atoms with E-state index in [-0.39, 0.29) is 5.82 Å². The largest absolute Gasteiger partial charge is 0.495 e. The fraction of sp³-hybridized carbons (Fsp3) is 0.294. The van der Waals surface area contributed by atoms with Gasteiger partial charge in [-0.1, -0.05) is 25.1 Å². The van der Waals surface area contributed by atoms with Crippen LogP contribution in [0.15, 0.2) is 42.5 Å². The number of para-hydroxylation sites is 2. The molecule has 0 heterocycles. The van der Waals surface area contributed by atoms with Crippen LogP contribution >= 0.6 is 0 Å². The molecule has 4 heteroatoms. The Morgan fingerprint density at radius 1 is 1.14 bits per heavy atom. The Morgan fingerprint density at radius 3 is 2.57 bits per heavy atom. The Labute approximate surface area is 125 Å². The fourth-order valence-corrected chi connectivity index (χ4v) is 2.24. The molecular formula is C17H21FN2O. The summed E-state index contributed by atoms with van der Waals surface area (Å²) in [5.41, 5.74) is 2.30. The molecule has 0 aliphatic rings. The van der Waals surface area contributed by atoms with E-state index in [1.54, 1.807) is 24.1 Å². The third-order valence-electron chi connectivity index (χ3n) is 3.40. The van der Waals surface area contributed by atoms with Crippen molar-refractivity contribution in [2.75, 3.05) is 25.6 Å². The van der Waals surface area contributed by atoms with Gasteiger partial charge in [0.15, 0.2) is 0 Å². The van der Waals surface area contributed by atoms with Crippen LogP contribution < -0.4 is 15.0 Å². The summed E-state index contributed by atoms with van der Waals surface area (Å²) in [6.07, 6.45) is 0. The number of hydrogen-bond acceptors (Lipinski definition) is 3. The van der Waals surface area contributed by atoms with Gasteiger partial charge in [-0.2, -0.15) is 0 Å². The standard InChI is InChI=1S/C17H21FN2O/c1-4-19-12-13-9-10-15(14(18)11-13)20(2)16-7-5-6-8-17(16)21-3/h5-11,19H,4,12H2,1-3H3. The molecule has 21 heavy (non-hydrogen) atoms. The van der Waals surface area contributed by atoms with Crippen molar-refractivity contribution in [2.24, 2.45) is 0 Å². The van der Waals surface area contributed by atoms with Crippen molar-refractivity contribution in [3.05, 3.63) is 53.8 Å². The summed E-state index contributed by atoms with van der Waals surface area (Å²) >= 11 is 0. The van der Waals surface area contributed by atoms with Crippen molar-refractivity contribution in [3.63, 3.8) is 0 Å². The van der Waals surface area contributed by atoms with Crippen molar-refractivity contribution < 1.29 is 9.13 Å². The second-order valence-electron chi connectivity index (χ2n) is 4.80. The number of rotatable bonds is 6. The van der Waals surface area contributed by atoms with Crippen LogP contribution in [0.1, 0.15) is 12.5 Å². The van der Waals surface area contributed by atoms with Gasteiger partial charge in [-0.15, -0.1) is 0 Å². The van der Waals surface area contributed by atoms with E-state index in [2.05, 4.69) is 5.32 Å². The van der Waals surface area contributed by atoms with Crippen LogP contribution in [0.4, 0.5) is 15.8 Å². The highest BCUT2D eigenvalue weighted by Gasteiger charge is 2.13. The van der Waals surface area contributed by atoms with E-state index in [4.69, 9.17) is 4.74 Å². The molecule has 0 aliphatic heterocycles. The van der Waals surface area contributed by atoms with Gasteiger partial charge in [0.2, 0.25) is 0 Å². The number of halogens is 1. The topological polar surface area (TPSA) is 24.5 Å². The summed E-state index contributed by atoms with van der Waals surface area (Å²) in [6.45, 7) is 3.57. The Bertz CT molecular complexity index is 601. The Balaban J connectivity index is 2.28. The van der Waals surface area contributed by atoms with Crippen molar-refractivity contribution in [3.8, 4) is 5.75 Å². The van der Waals surface area contributed by atoms with E-state index < -0.39 is 0 Å². The lowest BCUT2D eigenvalue weighted by atomic mass is 10.1. The SMILES string of the molecule is CCNCc1ccc(N(C)c2ccccc2OC)c(F)c1. The molecule has 0 spiro atoms. The van der Waals surface area contributed by atoms with Gasteiger partial charge in [0.25, 0.3) is 0 Å². The van der Waals surface area contributed by atoms with Crippen molar-refractivity contribution in [1.29, 1.82) is 0 Å². The number of hydrogen-bond donors (Lipinski definition) is 1. The summed E-state index contributed by atoms with van der Waals surface area (Å²) < 4.78 is 19.7. The zero-order valence-corrected chi connectivity index (χ0v) is 12.7. The smallest absolute Gasteiger partial charge is 0.147 e. The highest BCUT2D eigenvalue weighted by molar-refractivity contribution is 5.69. The number of nitrogens with zero attached hydrogens (tertiary/aromatic N) is 1. The molecule has 112 valence electrons. The molecule has 0 unspecified atom stereocenters. The molecule has 0 saturated heterocycles. The number of methoxy groups -OCH3 is 1. The van der Waals surface area contributed by atoms with Crippen molar-refractivity contribution in [2.45, 2.75) is 13.5 Å². The zero-order chi connectivity index (χ0) is 15.2. The maximum absolute atomic E-state index is 14.3. The molecule has 0 saturated carbocycles. The van der Waals surface area contributed by atoms with Crippen molar-refractivity contribution in [1.82, 2.24) is 5.32 Å². The minimum atomic E-state index is -0.237. The first-order chi connectivity index (χ1) is 10.2. The fourth-order valence-electron chi connectivity index (χ4n) is 2.24. The van der Waals surface area contributed by atoms with Gasteiger partial charge in [-0.25, -0.2) is 4.39 Å². The van der Waals surface area contributed by atoms with Gasteiger partial charge >= 0.3 is 0 Å². The zero-order valence-electron chi connectivity index (χ0n) is 12.7. The van der Waals surface area contributed by atoms with E-state index in [1.807, 2.05) is 44.3 Å². The third-order valence-corrected chi connectivity index (χ3v) is 3.40. The molecule has 3 nitrogen and oxygen atoms in total. The molecule has 2 rings (SSSR count). The molecule has 0 amide bonds. The van der Waals surface area contributed by atoms with Gasteiger partial charge in [-0.3, -0.25) is 0 Å². The minimum absolute atomic E-state index is 0.237. The van der Waals surface area contributed by atoms with Crippen LogP contribution in [0.5, 0.6) is 5.75 Å². The van der Waals surface area contributed by atoms with E-state index in [1.165, 1.54) is 0 Å². The highest BCUT2D eigenvalue weighted by Crippen LogP contribution is 2.33. The average molecular weight is 288 g/mol. The second-order valence-corrected chi connectivity index (χ2v) is 4.80. The van der Waals surface area contributed by atoms with Crippen molar-refractivity contribution >= 4 is 11.4 Å². The molecular weight excluding hydrogens is 267 g/mol. The first kappa shape index (κ1) is 15.3. The molecule has 0 atom stereocenters. The molecule has 2 aromatic carbocycles. The Kier molecular flexibility index (Phi) is 5.17. The summed E-state index contributed by atoms with van der Waals surface area (Å²) in [4.78, 5) is 1.80. The third kappa shape index (κ3) is 3.52. The highest BCUT2D eigenvalue weighted by atomic mass is 19.1. The number of benzene rings is 2. The van der Waals surface area contributed by atoms with Crippen LogP contribution in [0, 0.1) is 5.82 Å². The van der Waals surface area contributed by atoms with E-state index in [0.717, 1.165) is 23.5 Å².